The van der Waals surface area contributed by atoms with Crippen LogP contribution in [0.5, 0.6) is 0 Å². The first-order chi connectivity index (χ1) is 12.1. The number of amides is 1. The second-order valence-corrected chi connectivity index (χ2v) is 6.45. The Morgan fingerprint density at radius 2 is 1.80 bits per heavy atom. The molecule has 4 rings (SSSR count). The second kappa shape index (κ2) is 6.33. The molecule has 3 heterocycles. The molecule has 2 aromatic heterocycles. The number of hydrogen-bond donors (Lipinski definition) is 0. The average molecular weight is 357 g/mol. The number of hydrogen-bond acceptors (Lipinski definition) is 5. The third-order valence-electron chi connectivity index (χ3n) is 4.43. The molecule has 128 valence electrons. The van der Waals surface area contributed by atoms with Gasteiger partial charge < -0.3 is 9.80 Å². The van der Waals surface area contributed by atoms with Crippen LogP contribution < -0.4 is 4.90 Å². The van der Waals surface area contributed by atoms with Crippen LogP contribution >= 0.6 is 11.6 Å². The van der Waals surface area contributed by atoms with Crippen molar-refractivity contribution < 1.29 is 4.79 Å². The summed E-state index contributed by atoms with van der Waals surface area (Å²) in [5.41, 5.74) is 2.40. The zero-order chi connectivity index (χ0) is 17.4. The maximum atomic E-state index is 12.6. The number of aryl methyl sites for hydroxylation is 1. The van der Waals surface area contributed by atoms with Gasteiger partial charge in [-0.3, -0.25) is 4.79 Å². The molecule has 0 aliphatic carbocycles. The number of piperazine rings is 1. The maximum absolute atomic E-state index is 12.6. The molecule has 0 bridgehead atoms. The molecule has 1 aliphatic heterocycles. The third kappa shape index (κ3) is 3.02. The van der Waals surface area contributed by atoms with E-state index in [2.05, 4.69) is 20.2 Å². The molecule has 1 amide bonds. The van der Waals surface area contributed by atoms with Crippen molar-refractivity contribution in [2.24, 2.45) is 0 Å². The van der Waals surface area contributed by atoms with E-state index in [9.17, 15) is 4.79 Å². The first kappa shape index (κ1) is 15.8. The molecule has 7 nitrogen and oxygen atoms in total. The standard InChI is InChI=1S/C17H17ClN6O/c1-12-20-21-16-10-15(11-19-24(12)16)22-6-8-23(9-7-22)17(25)13-2-4-14(18)5-3-13/h2-5,10-11H,6-9H2,1H3. The van der Waals surface area contributed by atoms with Crippen molar-refractivity contribution in [3.05, 3.63) is 52.9 Å². The van der Waals surface area contributed by atoms with Crippen molar-refractivity contribution in [3.63, 3.8) is 0 Å². The van der Waals surface area contributed by atoms with Crippen LogP contribution in [-0.2, 0) is 0 Å². The lowest BCUT2D eigenvalue weighted by Gasteiger charge is -2.36. The average Bonchev–Trinajstić information content (AvgIpc) is 3.02. The van der Waals surface area contributed by atoms with Gasteiger partial charge in [-0.05, 0) is 31.2 Å². The lowest BCUT2D eigenvalue weighted by atomic mass is 10.2. The van der Waals surface area contributed by atoms with E-state index in [0.29, 0.717) is 23.7 Å². The second-order valence-electron chi connectivity index (χ2n) is 6.02. The summed E-state index contributed by atoms with van der Waals surface area (Å²) < 4.78 is 1.71. The van der Waals surface area contributed by atoms with E-state index in [0.717, 1.165) is 30.2 Å². The molecule has 0 N–H and O–H groups in total. The van der Waals surface area contributed by atoms with Crippen LogP contribution in [0.25, 0.3) is 5.65 Å². The molecule has 0 radical (unpaired) electrons. The fraction of sp³-hybridized carbons (Fsp3) is 0.294. The van der Waals surface area contributed by atoms with Crippen molar-refractivity contribution in [2.45, 2.75) is 6.92 Å². The fourth-order valence-corrected chi connectivity index (χ4v) is 3.13. The highest BCUT2D eigenvalue weighted by molar-refractivity contribution is 6.30. The van der Waals surface area contributed by atoms with Crippen LogP contribution in [0.15, 0.2) is 36.5 Å². The van der Waals surface area contributed by atoms with Crippen molar-refractivity contribution in [3.8, 4) is 0 Å². The molecule has 1 saturated heterocycles. The molecule has 1 aliphatic rings. The van der Waals surface area contributed by atoms with E-state index < -0.39 is 0 Å². The van der Waals surface area contributed by atoms with E-state index in [4.69, 9.17) is 11.6 Å². The van der Waals surface area contributed by atoms with Gasteiger partial charge in [0, 0.05) is 42.8 Å². The Labute approximate surface area is 149 Å². The van der Waals surface area contributed by atoms with Gasteiger partial charge in [0.2, 0.25) is 0 Å². The first-order valence-electron chi connectivity index (χ1n) is 8.10. The Morgan fingerprint density at radius 3 is 2.52 bits per heavy atom. The molecule has 1 fully saturated rings. The minimum Gasteiger partial charge on any atom is -0.367 e. The Balaban J connectivity index is 1.45. The van der Waals surface area contributed by atoms with Crippen molar-refractivity contribution in [1.82, 2.24) is 24.7 Å². The predicted molar refractivity (Wildman–Crippen MR) is 95.1 cm³/mol. The number of carbonyl (C=O) groups excluding carboxylic acids is 1. The van der Waals surface area contributed by atoms with Gasteiger partial charge in [0.05, 0.1) is 11.9 Å². The molecule has 0 atom stereocenters. The highest BCUT2D eigenvalue weighted by Gasteiger charge is 2.22. The van der Waals surface area contributed by atoms with E-state index in [1.165, 1.54) is 0 Å². The molecule has 0 unspecified atom stereocenters. The van der Waals surface area contributed by atoms with Crippen molar-refractivity contribution in [2.75, 3.05) is 31.1 Å². The molecule has 0 saturated carbocycles. The van der Waals surface area contributed by atoms with Gasteiger partial charge in [-0.2, -0.15) is 9.61 Å². The summed E-state index contributed by atoms with van der Waals surface area (Å²) in [6.07, 6.45) is 1.82. The van der Waals surface area contributed by atoms with E-state index in [-0.39, 0.29) is 5.91 Å². The Kier molecular flexibility index (Phi) is 4.01. The lowest BCUT2D eigenvalue weighted by Crippen LogP contribution is -2.48. The van der Waals surface area contributed by atoms with Crippen LogP contribution in [0.4, 0.5) is 5.69 Å². The summed E-state index contributed by atoms with van der Waals surface area (Å²) in [5.74, 6) is 0.804. The highest BCUT2D eigenvalue weighted by atomic mass is 35.5. The first-order valence-corrected chi connectivity index (χ1v) is 8.47. The molecule has 3 aromatic rings. The molecular weight excluding hydrogens is 340 g/mol. The zero-order valence-electron chi connectivity index (χ0n) is 13.8. The number of benzene rings is 1. The van der Waals surface area contributed by atoms with Gasteiger partial charge in [-0.15, -0.1) is 10.2 Å². The van der Waals surface area contributed by atoms with Gasteiger partial charge in [0.15, 0.2) is 11.5 Å². The van der Waals surface area contributed by atoms with Crippen LogP contribution in [0.1, 0.15) is 16.2 Å². The number of fused-ring (bicyclic) bond motifs is 1. The normalized spacial score (nSPS) is 15.0. The molecule has 1 aromatic carbocycles. The molecular formula is C17H17ClN6O. The number of aromatic nitrogens is 4. The number of anilines is 1. The SMILES string of the molecule is Cc1nnc2cc(N3CCN(C(=O)c4ccc(Cl)cc4)CC3)cnn12. The van der Waals surface area contributed by atoms with Gasteiger partial charge in [0.25, 0.3) is 5.91 Å². The Hall–Kier alpha value is -2.67. The molecule has 8 heteroatoms. The smallest absolute Gasteiger partial charge is 0.253 e. The van der Waals surface area contributed by atoms with Crippen LogP contribution in [0.2, 0.25) is 5.02 Å². The van der Waals surface area contributed by atoms with E-state index in [1.54, 1.807) is 28.8 Å². The number of carbonyl (C=O) groups is 1. The summed E-state index contributed by atoms with van der Waals surface area (Å²) in [6, 6.07) is 8.99. The maximum Gasteiger partial charge on any atom is 0.253 e. The summed E-state index contributed by atoms with van der Waals surface area (Å²) in [4.78, 5) is 16.6. The minimum absolute atomic E-state index is 0.0398. The number of rotatable bonds is 2. The minimum atomic E-state index is 0.0398. The number of halogens is 1. The summed E-state index contributed by atoms with van der Waals surface area (Å²) >= 11 is 5.88. The monoisotopic (exact) mass is 356 g/mol. The van der Waals surface area contributed by atoms with Crippen LogP contribution in [0, 0.1) is 6.92 Å². The highest BCUT2D eigenvalue weighted by Crippen LogP contribution is 2.18. The third-order valence-corrected chi connectivity index (χ3v) is 4.68. The largest absolute Gasteiger partial charge is 0.367 e. The topological polar surface area (TPSA) is 66.6 Å². The molecule has 25 heavy (non-hydrogen) atoms. The van der Waals surface area contributed by atoms with E-state index >= 15 is 0 Å². The Morgan fingerprint density at radius 1 is 1.08 bits per heavy atom. The predicted octanol–water partition coefficient (Wildman–Crippen LogP) is 2.05. The zero-order valence-corrected chi connectivity index (χ0v) is 14.5. The molecule has 0 spiro atoms. The summed E-state index contributed by atoms with van der Waals surface area (Å²) in [7, 11) is 0. The van der Waals surface area contributed by atoms with E-state index in [1.807, 2.05) is 24.1 Å². The van der Waals surface area contributed by atoms with Gasteiger partial charge in [-0.1, -0.05) is 11.6 Å². The van der Waals surface area contributed by atoms with Gasteiger partial charge >= 0.3 is 0 Å². The summed E-state index contributed by atoms with van der Waals surface area (Å²) in [6.45, 7) is 4.71. The quantitative estimate of drug-likeness (QED) is 0.703. The lowest BCUT2D eigenvalue weighted by molar-refractivity contribution is 0.0747. The van der Waals surface area contributed by atoms with Crippen LogP contribution in [0.3, 0.4) is 0 Å². The van der Waals surface area contributed by atoms with Crippen LogP contribution in [-0.4, -0.2) is 56.8 Å². The number of nitrogens with zero attached hydrogens (tertiary/aromatic N) is 6. The van der Waals surface area contributed by atoms with Gasteiger partial charge in [-0.25, -0.2) is 0 Å². The van der Waals surface area contributed by atoms with Crippen molar-refractivity contribution >= 4 is 28.8 Å². The van der Waals surface area contributed by atoms with Crippen molar-refractivity contribution in [1.29, 1.82) is 0 Å². The summed E-state index contributed by atoms with van der Waals surface area (Å²) in [5, 5.41) is 13.2. The fourth-order valence-electron chi connectivity index (χ4n) is 3.01. The van der Waals surface area contributed by atoms with Gasteiger partial charge in [0.1, 0.15) is 0 Å². The Bertz CT molecular complexity index is 915.